The van der Waals surface area contributed by atoms with Crippen molar-refractivity contribution < 1.29 is 19.0 Å². The normalized spacial score (nSPS) is 48.0. The highest BCUT2D eigenvalue weighted by Gasteiger charge is 2.68. The average Bonchev–Trinajstić information content (AvgIpc) is 3.28. The zero-order valence-corrected chi connectivity index (χ0v) is 10.7. The maximum atomic E-state index is 11.9. The molecule has 3 fully saturated rings. The number of hydrogen-bond acceptors (Lipinski definition) is 6. The lowest BCUT2D eigenvalue weighted by Gasteiger charge is -2.21. The van der Waals surface area contributed by atoms with Crippen molar-refractivity contribution >= 4 is 17.7 Å². The molecule has 0 saturated carbocycles. The first-order valence-corrected chi connectivity index (χ1v) is 7.35. The second kappa shape index (κ2) is 3.96. The van der Waals surface area contributed by atoms with Gasteiger partial charge in [-0.25, -0.2) is 0 Å². The minimum Gasteiger partial charge on any atom is -0.461 e. The summed E-state index contributed by atoms with van der Waals surface area (Å²) in [7, 11) is 0. The van der Waals surface area contributed by atoms with E-state index in [-0.39, 0.29) is 35.1 Å². The lowest BCUT2D eigenvalue weighted by Crippen LogP contribution is -2.39. The molecule has 5 nitrogen and oxygen atoms in total. The van der Waals surface area contributed by atoms with Crippen LogP contribution in [0.3, 0.4) is 0 Å². The summed E-state index contributed by atoms with van der Waals surface area (Å²) in [6.45, 7) is 1.98. The van der Waals surface area contributed by atoms with Crippen LogP contribution in [0.2, 0.25) is 0 Å². The van der Waals surface area contributed by atoms with Gasteiger partial charge in [0, 0.05) is 18.8 Å². The molecule has 4 aliphatic rings. The lowest BCUT2D eigenvalue weighted by atomic mass is 9.97. The van der Waals surface area contributed by atoms with E-state index >= 15 is 0 Å². The van der Waals surface area contributed by atoms with E-state index in [2.05, 4.69) is 5.32 Å². The fourth-order valence-electron chi connectivity index (χ4n) is 2.63. The molecule has 0 spiro atoms. The molecule has 0 aromatic heterocycles. The molecule has 0 bridgehead atoms. The Morgan fingerprint density at radius 3 is 3.39 bits per heavy atom. The molecular formula is C12H15NO4S. The van der Waals surface area contributed by atoms with E-state index in [1.807, 2.05) is 12.2 Å². The Balaban J connectivity index is 1.32. The number of carbonyl (C=O) groups is 1. The highest BCUT2D eigenvalue weighted by Crippen LogP contribution is 2.52. The summed E-state index contributed by atoms with van der Waals surface area (Å²) in [6.07, 6.45) is 4.53. The number of esters is 1. The zero-order chi connectivity index (χ0) is 12.2. The third-order valence-electron chi connectivity index (χ3n) is 3.83. The number of ether oxygens (including phenoxy) is 3. The molecule has 1 N–H and O–H groups in total. The largest absolute Gasteiger partial charge is 0.461 e. The molecule has 3 aliphatic heterocycles. The number of thioether (sulfide) groups is 1. The third-order valence-corrected chi connectivity index (χ3v) is 5.03. The van der Waals surface area contributed by atoms with Crippen molar-refractivity contribution in [1.82, 2.24) is 5.32 Å². The van der Waals surface area contributed by atoms with E-state index in [0.29, 0.717) is 13.2 Å². The number of epoxide rings is 2. The standard InChI is InChI=1S/C12H15NO4S/c14-11(8-5-13-3-4-18-8)15-6-12-2-1-7-9(16-7)10(12)17-12/h1-2,7-10,13H,3-6H2/t7-,8-,9-,10-,12+/m0/s1. The van der Waals surface area contributed by atoms with Gasteiger partial charge in [0.25, 0.3) is 0 Å². The molecule has 0 aromatic carbocycles. The molecular weight excluding hydrogens is 254 g/mol. The SMILES string of the molecule is O=C(OC[C@]12C=C[C@@H]3O[C@@H]3[C@@H]1O2)[C@@H]1CNCCS1. The van der Waals surface area contributed by atoms with Gasteiger partial charge in [-0.2, -0.15) is 0 Å². The van der Waals surface area contributed by atoms with Crippen molar-refractivity contribution in [3.05, 3.63) is 12.2 Å². The molecule has 1 aliphatic carbocycles. The quantitative estimate of drug-likeness (QED) is 0.431. The van der Waals surface area contributed by atoms with E-state index in [0.717, 1.165) is 12.3 Å². The summed E-state index contributed by atoms with van der Waals surface area (Å²) < 4.78 is 16.5. The molecule has 0 amide bonds. The summed E-state index contributed by atoms with van der Waals surface area (Å²) in [5, 5.41) is 3.12. The van der Waals surface area contributed by atoms with Gasteiger partial charge in [-0.3, -0.25) is 4.79 Å². The molecule has 6 heteroatoms. The van der Waals surface area contributed by atoms with Gasteiger partial charge in [-0.1, -0.05) is 6.08 Å². The van der Waals surface area contributed by atoms with Crippen molar-refractivity contribution in [2.45, 2.75) is 29.2 Å². The van der Waals surface area contributed by atoms with Crippen molar-refractivity contribution in [2.24, 2.45) is 0 Å². The van der Waals surface area contributed by atoms with Crippen LogP contribution in [-0.4, -0.2) is 60.6 Å². The summed E-state index contributed by atoms with van der Waals surface area (Å²) >= 11 is 1.66. The smallest absolute Gasteiger partial charge is 0.320 e. The minimum absolute atomic E-state index is 0.0788. The minimum atomic E-state index is -0.389. The van der Waals surface area contributed by atoms with Crippen molar-refractivity contribution in [1.29, 1.82) is 0 Å². The second-order valence-corrected chi connectivity index (χ2v) is 6.40. The van der Waals surface area contributed by atoms with Gasteiger partial charge in [0.15, 0.2) is 0 Å². The topological polar surface area (TPSA) is 63.4 Å². The van der Waals surface area contributed by atoms with E-state index < -0.39 is 0 Å². The Morgan fingerprint density at radius 2 is 2.56 bits per heavy atom. The average molecular weight is 269 g/mol. The Kier molecular flexibility index (Phi) is 2.49. The molecule has 0 radical (unpaired) electrons. The lowest BCUT2D eigenvalue weighted by molar-refractivity contribution is -0.144. The summed E-state index contributed by atoms with van der Waals surface area (Å²) in [6, 6.07) is 0. The van der Waals surface area contributed by atoms with Crippen LogP contribution in [0, 0.1) is 0 Å². The Morgan fingerprint density at radius 1 is 1.61 bits per heavy atom. The molecule has 3 heterocycles. The number of rotatable bonds is 3. The van der Waals surface area contributed by atoms with Crippen LogP contribution >= 0.6 is 11.8 Å². The number of fused-ring (bicyclic) bond motifs is 3. The van der Waals surface area contributed by atoms with Crippen LogP contribution in [-0.2, 0) is 19.0 Å². The van der Waals surface area contributed by atoms with Crippen LogP contribution in [0.5, 0.6) is 0 Å². The van der Waals surface area contributed by atoms with Gasteiger partial charge in [0.1, 0.15) is 35.8 Å². The van der Waals surface area contributed by atoms with Gasteiger partial charge in [-0.05, 0) is 6.08 Å². The molecule has 18 heavy (non-hydrogen) atoms. The highest BCUT2D eigenvalue weighted by atomic mass is 32.2. The summed E-state index contributed by atoms with van der Waals surface area (Å²) in [5.74, 6) is 0.824. The Hall–Kier alpha value is -0.560. The van der Waals surface area contributed by atoms with E-state index in [4.69, 9.17) is 14.2 Å². The molecule has 4 rings (SSSR count). The number of carbonyl (C=O) groups excluding carboxylic acids is 1. The van der Waals surface area contributed by atoms with Crippen molar-refractivity contribution in [3.8, 4) is 0 Å². The van der Waals surface area contributed by atoms with Crippen molar-refractivity contribution in [2.75, 3.05) is 25.4 Å². The van der Waals surface area contributed by atoms with E-state index in [1.54, 1.807) is 11.8 Å². The van der Waals surface area contributed by atoms with E-state index in [1.165, 1.54) is 0 Å². The van der Waals surface area contributed by atoms with Crippen LogP contribution in [0.1, 0.15) is 0 Å². The first-order chi connectivity index (χ1) is 8.78. The first-order valence-electron chi connectivity index (χ1n) is 6.30. The van der Waals surface area contributed by atoms with Crippen LogP contribution in [0.15, 0.2) is 12.2 Å². The van der Waals surface area contributed by atoms with Gasteiger partial charge in [0.05, 0.1) is 0 Å². The number of nitrogens with one attached hydrogen (secondary N) is 1. The third kappa shape index (κ3) is 1.79. The highest BCUT2D eigenvalue weighted by molar-refractivity contribution is 8.00. The van der Waals surface area contributed by atoms with Crippen LogP contribution < -0.4 is 5.32 Å². The van der Waals surface area contributed by atoms with E-state index in [9.17, 15) is 4.79 Å². The van der Waals surface area contributed by atoms with Gasteiger partial charge >= 0.3 is 5.97 Å². The fraction of sp³-hybridized carbons (Fsp3) is 0.750. The molecule has 0 aromatic rings. The molecule has 0 unspecified atom stereocenters. The number of hydrogen-bond donors (Lipinski definition) is 1. The van der Waals surface area contributed by atoms with Gasteiger partial charge < -0.3 is 19.5 Å². The zero-order valence-electron chi connectivity index (χ0n) is 9.83. The maximum absolute atomic E-state index is 11.9. The predicted octanol–water partition coefficient (Wildman–Crippen LogP) is -0.291. The summed E-state index contributed by atoms with van der Waals surface area (Å²) in [4.78, 5) is 11.9. The van der Waals surface area contributed by atoms with Crippen LogP contribution in [0.4, 0.5) is 0 Å². The Bertz CT molecular complexity index is 409. The molecule has 98 valence electrons. The van der Waals surface area contributed by atoms with Gasteiger partial charge in [-0.15, -0.1) is 11.8 Å². The maximum Gasteiger partial charge on any atom is 0.320 e. The molecule has 5 atom stereocenters. The van der Waals surface area contributed by atoms with Crippen LogP contribution in [0.25, 0.3) is 0 Å². The fourth-order valence-corrected chi connectivity index (χ4v) is 3.62. The van der Waals surface area contributed by atoms with Crippen molar-refractivity contribution in [3.63, 3.8) is 0 Å². The first kappa shape index (κ1) is 11.3. The molecule has 3 saturated heterocycles. The van der Waals surface area contributed by atoms with Gasteiger partial charge in [0.2, 0.25) is 0 Å². The monoisotopic (exact) mass is 269 g/mol. The summed E-state index contributed by atoms with van der Waals surface area (Å²) in [5.41, 5.74) is -0.389. The predicted molar refractivity (Wildman–Crippen MR) is 65.5 cm³/mol. The second-order valence-electron chi connectivity index (χ2n) is 5.09. The Labute approximate surface area is 109 Å².